The minimum atomic E-state index is -3.70. The predicted molar refractivity (Wildman–Crippen MR) is 106 cm³/mol. The first-order valence-electron chi connectivity index (χ1n) is 8.66. The Morgan fingerprint density at radius 3 is 2.64 bits per heavy atom. The number of nitrogens with zero attached hydrogens (tertiary/aromatic N) is 2. The van der Waals surface area contributed by atoms with E-state index in [2.05, 4.69) is 15.9 Å². The third kappa shape index (κ3) is 4.60. The molecule has 1 saturated heterocycles. The van der Waals surface area contributed by atoms with Gasteiger partial charge in [-0.3, -0.25) is 4.79 Å². The molecule has 0 aliphatic carbocycles. The Bertz CT molecular complexity index is 978. The van der Waals surface area contributed by atoms with Gasteiger partial charge >= 0.3 is 0 Å². The summed E-state index contributed by atoms with van der Waals surface area (Å²) in [7, 11) is -2.15. The van der Waals surface area contributed by atoms with Gasteiger partial charge in [0.2, 0.25) is 10.0 Å². The molecule has 0 aromatic heterocycles. The van der Waals surface area contributed by atoms with E-state index in [4.69, 9.17) is 4.74 Å². The second kappa shape index (κ2) is 8.69. The van der Waals surface area contributed by atoms with Crippen LogP contribution in [0.15, 0.2) is 51.8 Å². The number of carbonyl (C=O) groups is 1. The van der Waals surface area contributed by atoms with Gasteiger partial charge in [0.05, 0.1) is 18.1 Å². The first kappa shape index (κ1) is 20.9. The fraction of sp³-hybridized carbons (Fsp3) is 0.316. The van der Waals surface area contributed by atoms with Gasteiger partial charge in [-0.25, -0.2) is 12.8 Å². The zero-order valence-corrected chi connectivity index (χ0v) is 17.7. The van der Waals surface area contributed by atoms with Crippen molar-refractivity contribution in [2.45, 2.75) is 11.4 Å². The molecule has 2 aromatic carbocycles. The van der Waals surface area contributed by atoms with Gasteiger partial charge in [0.15, 0.2) is 0 Å². The molecule has 1 aliphatic heterocycles. The smallest absolute Gasteiger partial charge is 0.253 e. The lowest BCUT2D eigenvalue weighted by atomic mass is 10.1. The van der Waals surface area contributed by atoms with Crippen LogP contribution < -0.4 is 0 Å². The number of amides is 1. The number of morpholine rings is 1. The Morgan fingerprint density at radius 1 is 1.21 bits per heavy atom. The molecule has 0 unspecified atom stereocenters. The summed E-state index contributed by atoms with van der Waals surface area (Å²) in [6.45, 7) is 1.31. The average molecular weight is 471 g/mol. The molecule has 2 aromatic rings. The van der Waals surface area contributed by atoms with E-state index in [-0.39, 0.29) is 30.1 Å². The van der Waals surface area contributed by atoms with Crippen molar-refractivity contribution in [3.8, 4) is 0 Å². The zero-order valence-electron chi connectivity index (χ0n) is 15.3. The molecule has 0 saturated carbocycles. The zero-order chi connectivity index (χ0) is 20.3. The Balaban J connectivity index is 1.80. The summed E-state index contributed by atoms with van der Waals surface area (Å²) in [5.41, 5.74) is 0.592. The second-order valence-electron chi connectivity index (χ2n) is 6.44. The third-order valence-electron chi connectivity index (χ3n) is 4.45. The quantitative estimate of drug-likeness (QED) is 0.673. The van der Waals surface area contributed by atoms with Crippen molar-refractivity contribution in [3.63, 3.8) is 0 Å². The molecule has 6 nitrogen and oxygen atoms in total. The maximum absolute atomic E-state index is 14.0. The minimum Gasteiger partial charge on any atom is -0.379 e. The van der Waals surface area contributed by atoms with Gasteiger partial charge in [0.1, 0.15) is 5.82 Å². The Kier molecular flexibility index (Phi) is 6.49. The maximum atomic E-state index is 14.0. The summed E-state index contributed by atoms with van der Waals surface area (Å²) < 4.78 is 46.8. The topological polar surface area (TPSA) is 66.9 Å². The molecule has 0 spiro atoms. The summed E-state index contributed by atoms with van der Waals surface area (Å²) in [6, 6.07) is 10.4. The first-order valence-corrected chi connectivity index (χ1v) is 10.9. The van der Waals surface area contributed by atoms with E-state index in [1.807, 2.05) is 0 Å². The Labute approximate surface area is 172 Å². The van der Waals surface area contributed by atoms with Crippen LogP contribution >= 0.6 is 15.9 Å². The number of benzene rings is 2. The number of hydrogen-bond acceptors (Lipinski definition) is 4. The van der Waals surface area contributed by atoms with Gasteiger partial charge in [0.25, 0.3) is 5.91 Å². The van der Waals surface area contributed by atoms with Gasteiger partial charge in [-0.2, -0.15) is 4.31 Å². The number of ether oxygens (including phenoxy) is 1. The monoisotopic (exact) mass is 470 g/mol. The maximum Gasteiger partial charge on any atom is 0.253 e. The SMILES string of the molecule is CN(Cc1cc(Br)ccc1F)C(=O)c1cccc(S(=O)(=O)N2CCOCC2)c1. The molecule has 150 valence electrons. The van der Waals surface area contributed by atoms with Gasteiger partial charge in [0, 0.05) is 42.3 Å². The number of sulfonamides is 1. The van der Waals surface area contributed by atoms with E-state index >= 15 is 0 Å². The highest BCUT2D eigenvalue weighted by Gasteiger charge is 2.27. The Morgan fingerprint density at radius 2 is 1.93 bits per heavy atom. The number of halogens is 2. The van der Waals surface area contributed by atoms with E-state index in [1.165, 1.54) is 33.5 Å². The number of hydrogen-bond donors (Lipinski definition) is 0. The van der Waals surface area contributed by atoms with E-state index in [0.717, 1.165) is 0 Å². The standard InChI is InChI=1S/C19H20BrFN2O4S/c1-22(13-15-11-16(20)5-6-18(15)21)19(24)14-3-2-4-17(12-14)28(25,26)23-7-9-27-10-8-23/h2-6,11-12H,7-10,13H2,1H3. The van der Waals surface area contributed by atoms with Crippen LogP contribution in [0.1, 0.15) is 15.9 Å². The fourth-order valence-electron chi connectivity index (χ4n) is 2.94. The van der Waals surface area contributed by atoms with Gasteiger partial charge in [-0.1, -0.05) is 22.0 Å². The van der Waals surface area contributed by atoms with Crippen LogP contribution in [0.2, 0.25) is 0 Å². The van der Waals surface area contributed by atoms with Gasteiger partial charge < -0.3 is 9.64 Å². The molecular formula is C19H20BrFN2O4S. The lowest BCUT2D eigenvalue weighted by molar-refractivity contribution is 0.0730. The van der Waals surface area contributed by atoms with E-state index in [9.17, 15) is 17.6 Å². The van der Waals surface area contributed by atoms with Crippen molar-refractivity contribution in [2.24, 2.45) is 0 Å². The van der Waals surface area contributed by atoms with Crippen LogP contribution in [-0.2, 0) is 21.3 Å². The van der Waals surface area contributed by atoms with Crippen LogP contribution in [0.5, 0.6) is 0 Å². The molecule has 0 bridgehead atoms. The first-order chi connectivity index (χ1) is 13.3. The average Bonchev–Trinajstić information content (AvgIpc) is 2.71. The number of rotatable bonds is 5. The molecule has 1 fully saturated rings. The molecule has 0 radical (unpaired) electrons. The van der Waals surface area contributed by atoms with Crippen LogP contribution in [-0.4, -0.2) is 56.9 Å². The summed E-state index contributed by atoms with van der Waals surface area (Å²) in [4.78, 5) is 14.2. The Hall–Kier alpha value is -1.81. The van der Waals surface area contributed by atoms with E-state index in [1.54, 1.807) is 25.2 Å². The minimum absolute atomic E-state index is 0.0577. The molecule has 1 amide bonds. The molecule has 1 aliphatic rings. The highest BCUT2D eigenvalue weighted by molar-refractivity contribution is 9.10. The highest BCUT2D eigenvalue weighted by atomic mass is 79.9. The second-order valence-corrected chi connectivity index (χ2v) is 9.29. The summed E-state index contributed by atoms with van der Waals surface area (Å²) >= 11 is 3.29. The fourth-order valence-corrected chi connectivity index (χ4v) is 4.80. The summed E-state index contributed by atoms with van der Waals surface area (Å²) in [5.74, 6) is -0.801. The van der Waals surface area contributed by atoms with Crippen LogP contribution in [0.3, 0.4) is 0 Å². The van der Waals surface area contributed by atoms with Crippen molar-refractivity contribution in [1.82, 2.24) is 9.21 Å². The molecule has 3 rings (SSSR count). The normalized spacial score (nSPS) is 15.4. The van der Waals surface area contributed by atoms with Crippen molar-refractivity contribution in [1.29, 1.82) is 0 Å². The van der Waals surface area contributed by atoms with Crippen molar-refractivity contribution in [3.05, 3.63) is 63.9 Å². The lowest BCUT2D eigenvalue weighted by Gasteiger charge is -2.26. The summed E-state index contributed by atoms with van der Waals surface area (Å²) in [5, 5.41) is 0. The van der Waals surface area contributed by atoms with E-state index in [0.29, 0.717) is 23.2 Å². The van der Waals surface area contributed by atoms with E-state index < -0.39 is 21.7 Å². The van der Waals surface area contributed by atoms with Crippen molar-refractivity contribution < 1.29 is 22.3 Å². The van der Waals surface area contributed by atoms with Crippen LogP contribution in [0, 0.1) is 5.82 Å². The van der Waals surface area contributed by atoms with Gasteiger partial charge in [-0.15, -0.1) is 0 Å². The predicted octanol–water partition coefficient (Wildman–Crippen LogP) is 2.88. The van der Waals surface area contributed by atoms with Crippen LogP contribution in [0.4, 0.5) is 4.39 Å². The molecule has 1 heterocycles. The molecule has 0 atom stereocenters. The third-order valence-corrected chi connectivity index (χ3v) is 6.84. The molecule has 9 heteroatoms. The lowest BCUT2D eigenvalue weighted by Crippen LogP contribution is -2.40. The number of carbonyl (C=O) groups excluding carboxylic acids is 1. The summed E-state index contributed by atoms with van der Waals surface area (Å²) in [6.07, 6.45) is 0. The van der Waals surface area contributed by atoms with Crippen molar-refractivity contribution in [2.75, 3.05) is 33.4 Å². The molecule has 0 N–H and O–H groups in total. The van der Waals surface area contributed by atoms with Crippen molar-refractivity contribution >= 4 is 31.9 Å². The van der Waals surface area contributed by atoms with Gasteiger partial charge in [-0.05, 0) is 36.4 Å². The highest BCUT2D eigenvalue weighted by Crippen LogP contribution is 2.21. The van der Waals surface area contributed by atoms with Crippen LogP contribution in [0.25, 0.3) is 0 Å². The molecular weight excluding hydrogens is 451 g/mol. The molecule has 28 heavy (non-hydrogen) atoms. The largest absolute Gasteiger partial charge is 0.379 e.